The topological polar surface area (TPSA) is 64.4 Å². The third-order valence-corrected chi connectivity index (χ3v) is 5.79. The summed E-state index contributed by atoms with van der Waals surface area (Å²) in [4.78, 5) is 13.8. The lowest BCUT2D eigenvalue weighted by Gasteiger charge is -2.18. The molecule has 0 saturated heterocycles. The zero-order valence-corrected chi connectivity index (χ0v) is 17.6. The Kier molecular flexibility index (Phi) is 6.59. The second-order valence-corrected chi connectivity index (χ2v) is 7.69. The number of hydrogen-bond acceptors (Lipinski definition) is 5. The van der Waals surface area contributed by atoms with Crippen molar-refractivity contribution < 1.29 is 18.4 Å². The van der Waals surface area contributed by atoms with Crippen molar-refractivity contribution in [3.63, 3.8) is 0 Å². The van der Waals surface area contributed by atoms with E-state index < -0.39 is 6.04 Å². The van der Waals surface area contributed by atoms with Crippen molar-refractivity contribution in [2.75, 3.05) is 7.11 Å². The van der Waals surface area contributed by atoms with Gasteiger partial charge in [-0.25, -0.2) is 4.39 Å². The summed E-state index contributed by atoms with van der Waals surface area (Å²) in [6.45, 7) is 5.58. The van der Waals surface area contributed by atoms with Crippen LogP contribution in [0.5, 0.6) is 5.75 Å². The Bertz CT molecular complexity index is 1000. The van der Waals surface area contributed by atoms with E-state index in [1.807, 2.05) is 32.0 Å². The molecule has 0 aliphatic rings. The largest absolute Gasteiger partial charge is 0.496 e. The maximum absolute atomic E-state index is 13.7. The maximum atomic E-state index is 13.7. The first-order chi connectivity index (χ1) is 13.9. The highest BCUT2D eigenvalue weighted by Gasteiger charge is 2.19. The number of aryl methyl sites for hydroxylation is 2. The monoisotopic (exact) mass is 414 g/mol. The Morgan fingerprint density at radius 3 is 2.72 bits per heavy atom. The quantitative estimate of drug-likeness (QED) is 0.537. The summed E-state index contributed by atoms with van der Waals surface area (Å²) in [5.41, 5.74) is 3.03. The molecule has 152 valence electrons. The van der Waals surface area contributed by atoms with Gasteiger partial charge in [0.1, 0.15) is 17.3 Å². The van der Waals surface area contributed by atoms with Crippen LogP contribution in [-0.2, 0) is 5.75 Å². The van der Waals surface area contributed by atoms with Crippen LogP contribution in [0, 0.1) is 19.7 Å². The van der Waals surface area contributed by atoms with Crippen molar-refractivity contribution in [2.45, 2.75) is 37.5 Å². The van der Waals surface area contributed by atoms with E-state index in [2.05, 4.69) is 10.5 Å². The van der Waals surface area contributed by atoms with E-state index in [0.29, 0.717) is 22.6 Å². The number of ether oxygens (including phenoxy) is 1. The summed E-state index contributed by atoms with van der Waals surface area (Å²) in [5, 5.41) is 6.91. The Hall–Kier alpha value is -2.80. The molecule has 3 aromatic rings. The van der Waals surface area contributed by atoms with E-state index in [0.717, 1.165) is 21.9 Å². The van der Waals surface area contributed by atoms with E-state index in [9.17, 15) is 9.18 Å². The van der Waals surface area contributed by atoms with Crippen molar-refractivity contribution >= 4 is 17.7 Å². The lowest BCUT2D eigenvalue weighted by molar-refractivity contribution is 0.0936. The molecule has 1 unspecified atom stereocenters. The van der Waals surface area contributed by atoms with Gasteiger partial charge in [0, 0.05) is 21.8 Å². The number of thioether (sulfide) groups is 1. The summed E-state index contributed by atoms with van der Waals surface area (Å²) in [7, 11) is 1.52. The van der Waals surface area contributed by atoms with Crippen LogP contribution in [0.2, 0.25) is 0 Å². The van der Waals surface area contributed by atoms with Crippen molar-refractivity contribution in [1.82, 2.24) is 10.5 Å². The average Bonchev–Trinajstić information content (AvgIpc) is 3.04. The highest BCUT2D eigenvalue weighted by Crippen LogP contribution is 2.30. The Labute approximate surface area is 173 Å². The first kappa shape index (κ1) is 20.9. The number of benzene rings is 2. The highest BCUT2D eigenvalue weighted by atomic mass is 32.2. The first-order valence-electron chi connectivity index (χ1n) is 9.18. The average molecular weight is 415 g/mol. The molecule has 2 aromatic carbocycles. The van der Waals surface area contributed by atoms with Crippen LogP contribution in [0.1, 0.15) is 45.9 Å². The molecule has 1 N–H and O–H groups in total. The van der Waals surface area contributed by atoms with Gasteiger partial charge in [0.25, 0.3) is 5.91 Å². The molecule has 0 saturated carbocycles. The second kappa shape index (κ2) is 9.13. The van der Waals surface area contributed by atoms with Crippen LogP contribution in [0.15, 0.2) is 51.9 Å². The molecular formula is C22H23FN2O3S. The molecule has 1 atom stereocenters. The van der Waals surface area contributed by atoms with Crippen molar-refractivity contribution in [2.24, 2.45) is 0 Å². The molecule has 0 bridgehead atoms. The molecule has 0 fully saturated rings. The van der Waals surface area contributed by atoms with Gasteiger partial charge in [-0.2, -0.15) is 0 Å². The van der Waals surface area contributed by atoms with Crippen molar-refractivity contribution in [3.8, 4) is 5.75 Å². The fourth-order valence-corrected chi connectivity index (χ4v) is 4.24. The molecule has 1 amide bonds. The number of hydrogen-bond donors (Lipinski definition) is 1. The molecule has 0 aliphatic carbocycles. The minimum absolute atomic E-state index is 0.231. The third kappa shape index (κ3) is 4.79. The molecule has 5 nitrogen and oxygen atoms in total. The predicted octanol–water partition coefficient (Wildman–Crippen LogP) is 5.22. The summed E-state index contributed by atoms with van der Waals surface area (Å²) >= 11 is 1.55. The maximum Gasteiger partial charge on any atom is 0.252 e. The fourth-order valence-electron chi connectivity index (χ4n) is 3.03. The molecule has 1 heterocycles. The van der Waals surface area contributed by atoms with Gasteiger partial charge in [-0.1, -0.05) is 17.3 Å². The zero-order chi connectivity index (χ0) is 21.0. The van der Waals surface area contributed by atoms with Gasteiger partial charge in [-0.15, -0.1) is 11.8 Å². The van der Waals surface area contributed by atoms with Crippen LogP contribution in [0.25, 0.3) is 0 Å². The number of amides is 1. The van der Waals surface area contributed by atoms with Gasteiger partial charge in [-0.3, -0.25) is 4.79 Å². The van der Waals surface area contributed by atoms with Crippen LogP contribution in [0.4, 0.5) is 4.39 Å². The first-order valence-corrected chi connectivity index (χ1v) is 10.2. The number of nitrogens with one attached hydrogen (secondary N) is 1. The fraction of sp³-hybridized carbons (Fsp3) is 0.273. The molecule has 29 heavy (non-hydrogen) atoms. The van der Waals surface area contributed by atoms with Crippen LogP contribution in [0.3, 0.4) is 0 Å². The van der Waals surface area contributed by atoms with Gasteiger partial charge in [0.2, 0.25) is 0 Å². The Morgan fingerprint density at radius 2 is 2.03 bits per heavy atom. The molecule has 3 rings (SSSR count). The van der Waals surface area contributed by atoms with Crippen molar-refractivity contribution in [3.05, 3.63) is 76.4 Å². The Balaban J connectivity index is 1.77. The van der Waals surface area contributed by atoms with Gasteiger partial charge < -0.3 is 14.6 Å². The van der Waals surface area contributed by atoms with Gasteiger partial charge >= 0.3 is 0 Å². The summed E-state index contributed by atoms with van der Waals surface area (Å²) < 4.78 is 24.2. The molecule has 0 spiro atoms. The second-order valence-electron chi connectivity index (χ2n) is 6.67. The number of carbonyl (C=O) groups excluding carboxylic acids is 1. The van der Waals surface area contributed by atoms with Crippen LogP contribution >= 0.6 is 11.8 Å². The van der Waals surface area contributed by atoms with Gasteiger partial charge in [0.15, 0.2) is 0 Å². The minimum atomic E-state index is -0.422. The molecule has 0 aliphatic heterocycles. The van der Waals surface area contributed by atoms with E-state index in [4.69, 9.17) is 9.26 Å². The number of methoxy groups -OCH3 is 1. The standard InChI is InChI=1S/C22H23FN2O3S/c1-13(18-11-16(23)9-10-20(18)27-4)24-22(26)17-7-5-6-8-21(17)29-12-19-14(2)25-28-15(19)3/h5-11,13H,12H2,1-4H3,(H,24,26). The van der Waals surface area contributed by atoms with Crippen molar-refractivity contribution in [1.29, 1.82) is 0 Å². The normalized spacial score (nSPS) is 11.9. The molecule has 1 aromatic heterocycles. The molecule has 7 heteroatoms. The summed E-state index contributed by atoms with van der Waals surface area (Å²) in [6, 6.07) is 11.2. The molecule has 0 radical (unpaired) electrons. The SMILES string of the molecule is COc1ccc(F)cc1C(C)NC(=O)c1ccccc1SCc1c(C)noc1C. The van der Waals surface area contributed by atoms with Crippen LogP contribution in [-0.4, -0.2) is 18.2 Å². The minimum Gasteiger partial charge on any atom is -0.496 e. The number of rotatable bonds is 7. The van der Waals surface area contributed by atoms with E-state index >= 15 is 0 Å². The number of aromatic nitrogens is 1. The Morgan fingerprint density at radius 1 is 1.28 bits per heavy atom. The van der Waals surface area contributed by atoms with Gasteiger partial charge in [-0.05, 0) is 51.1 Å². The van der Waals surface area contributed by atoms with E-state index in [-0.39, 0.29) is 11.7 Å². The highest BCUT2D eigenvalue weighted by molar-refractivity contribution is 7.98. The van der Waals surface area contributed by atoms with Gasteiger partial charge in [0.05, 0.1) is 24.4 Å². The molecular weight excluding hydrogens is 391 g/mol. The lowest BCUT2D eigenvalue weighted by atomic mass is 10.1. The summed E-state index contributed by atoms with van der Waals surface area (Å²) in [5.74, 6) is 1.35. The van der Waals surface area contributed by atoms with E-state index in [1.54, 1.807) is 30.8 Å². The zero-order valence-electron chi connectivity index (χ0n) is 16.8. The lowest BCUT2D eigenvalue weighted by Crippen LogP contribution is -2.27. The smallest absolute Gasteiger partial charge is 0.252 e. The number of carbonyl (C=O) groups is 1. The van der Waals surface area contributed by atoms with Crippen LogP contribution < -0.4 is 10.1 Å². The predicted molar refractivity (Wildman–Crippen MR) is 111 cm³/mol. The summed E-state index contributed by atoms with van der Waals surface area (Å²) in [6.07, 6.45) is 0. The number of nitrogens with zero attached hydrogens (tertiary/aromatic N) is 1. The third-order valence-electron chi connectivity index (χ3n) is 4.69. The number of halogens is 1. The van der Waals surface area contributed by atoms with E-state index in [1.165, 1.54) is 19.2 Å².